The first-order chi connectivity index (χ1) is 29.0. The molecule has 1 aliphatic rings. The van der Waals surface area contributed by atoms with Crippen molar-refractivity contribution in [2.24, 2.45) is 0 Å². The van der Waals surface area contributed by atoms with Crippen LogP contribution in [0.4, 0.5) is 11.4 Å². The van der Waals surface area contributed by atoms with Crippen LogP contribution in [-0.2, 0) is 10.8 Å². The average Bonchev–Trinajstić information content (AvgIpc) is 3.64. The minimum absolute atomic E-state index is 0.0140. The molecule has 60 heavy (non-hydrogen) atoms. The largest absolute Gasteiger partial charge is 0.456 e. The molecule has 2 nitrogen and oxygen atoms in total. The van der Waals surface area contributed by atoms with Crippen LogP contribution in [0.1, 0.15) is 64.7 Å². The van der Waals surface area contributed by atoms with E-state index >= 15 is 0 Å². The molecule has 10 rings (SSSR count). The summed E-state index contributed by atoms with van der Waals surface area (Å²) in [6, 6.07) is 60.6. The molecule has 294 valence electrons. The lowest BCUT2D eigenvalue weighted by molar-refractivity contribution is 0.569. The van der Waals surface area contributed by atoms with Crippen LogP contribution >= 0.6 is 0 Å². The number of para-hydroxylation sites is 1. The Morgan fingerprint density at radius 3 is 1.87 bits per heavy atom. The highest BCUT2D eigenvalue weighted by molar-refractivity contribution is 6.07. The third-order valence-corrected chi connectivity index (χ3v) is 12.5. The maximum absolute atomic E-state index is 6.17. The van der Waals surface area contributed by atoms with Gasteiger partial charge < -0.3 is 9.32 Å². The third kappa shape index (κ3) is 6.71. The van der Waals surface area contributed by atoms with Crippen LogP contribution in [0.5, 0.6) is 0 Å². The van der Waals surface area contributed by atoms with Crippen LogP contribution < -0.4 is 4.90 Å². The van der Waals surface area contributed by atoms with E-state index in [1.807, 2.05) is 12.1 Å². The van der Waals surface area contributed by atoms with E-state index in [0.717, 1.165) is 34.0 Å². The van der Waals surface area contributed by atoms with E-state index in [1.165, 1.54) is 71.7 Å². The Labute approximate surface area is 354 Å². The van der Waals surface area contributed by atoms with Crippen molar-refractivity contribution in [1.29, 1.82) is 0 Å². The summed E-state index contributed by atoms with van der Waals surface area (Å²) in [7, 11) is 0. The van der Waals surface area contributed by atoms with Gasteiger partial charge in [-0.2, -0.15) is 0 Å². The second-order valence-corrected chi connectivity index (χ2v) is 18.5. The number of rotatable bonds is 6. The molecule has 1 aliphatic carbocycles. The molecule has 1 unspecified atom stereocenters. The molecule has 1 aromatic heterocycles. The highest BCUT2D eigenvalue weighted by Gasteiger charge is 2.29. The second kappa shape index (κ2) is 14.6. The zero-order valence-corrected chi connectivity index (χ0v) is 35.5. The number of allylic oxidation sites excluding steroid dienone is 2. The molecule has 0 saturated carbocycles. The van der Waals surface area contributed by atoms with Gasteiger partial charge in [-0.3, -0.25) is 0 Å². The highest BCUT2D eigenvalue weighted by atomic mass is 16.3. The lowest BCUT2D eigenvalue weighted by Gasteiger charge is -2.37. The molecule has 2 heteroatoms. The van der Waals surface area contributed by atoms with E-state index in [2.05, 4.69) is 216 Å². The molecule has 9 aromatic rings. The third-order valence-electron chi connectivity index (χ3n) is 12.5. The molecule has 0 spiro atoms. The molecule has 1 heterocycles. The Kier molecular flexibility index (Phi) is 9.14. The molecule has 0 aliphatic heterocycles. The fraction of sp³-hybridized carbons (Fsp3) is 0.172. The van der Waals surface area contributed by atoms with E-state index in [9.17, 15) is 0 Å². The SMILES string of the molecule is CC(C)(C)c1cc(-c2cccc3cccc(C4=CC=CCC4N(c4ccc(-c5ccc6oc7ccccc7c6c5)cc4)c4cccc5ccccc45)c23)cc(C(C)(C)C)c1. The zero-order chi connectivity index (χ0) is 41.2. The van der Waals surface area contributed by atoms with Gasteiger partial charge in [0.2, 0.25) is 0 Å². The van der Waals surface area contributed by atoms with E-state index < -0.39 is 0 Å². The molecule has 0 radical (unpaired) electrons. The Bertz CT molecular complexity index is 3100. The highest BCUT2D eigenvalue weighted by Crippen LogP contribution is 2.45. The summed E-state index contributed by atoms with van der Waals surface area (Å²) in [6.07, 6.45) is 7.82. The van der Waals surface area contributed by atoms with Crippen LogP contribution in [0.3, 0.4) is 0 Å². The monoisotopic (exact) mass is 777 g/mol. The molecule has 0 N–H and O–H groups in total. The summed E-state index contributed by atoms with van der Waals surface area (Å²) in [4.78, 5) is 2.59. The predicted octanol–water partition coefficient (Wildman–Crippen LogP) is 16.4. The summed E-state index contributed by atoms with van der Waals surface area (Å²) in [5.41, 5.74) is 14.4. The fourth-order valence-electron chi connectivity index (χ4n) is 9.23. The van der Waals surface area contributed by atoms with Gasteiger partial charge in [-0.15, -0.1) is 0 Å². The number of hydrogen-bond donors (Lipinski definition) is 0. The van der Waals surface area contributed by atoms with Gasteiger partial charge in [0.1, 0.15) is 11.2 Å². The number of hydrogen-bond acceptors (Lipinski definition) is 2. The van der Waals surface area contributed by atoms with Crippen molar-refractivity contribution >= 4 is 60.4 Å². The minimum Gasteiger partial charge on any atom is -0.456 e. The molecular weight excluding hydrogens is 727 g/mol. The summed E-state index contributed by atoms with van der Waals surface area (Å²) in [5, 5.41) is 7.31. The lowest BCUT2D eigenvalue weighted by atomic mass is 9.78. The van der Waals surface area contributed by atoms with Crippen LogP contribution in [0.2, 0.25) is 0 Å². The summed E-state index contributed by atoms with van der Waals surface area (Å²) in [5.74, 6) is 0. The standard InChI is InChI=1S/C58H51NO/c1-57(2,3)43-34-42(35-44(37-43)58(4,5)6)47-23-13-18-40-19-14-24-50(56(40)47)48-21-9-11-25-53(48)59(52-26-15-17-39-16-7-8-20-46(39)52)45-31-28-38(29-32-45)41-30-33-55-51(36-41)49-22-10-12-27-54(49)60-55/h7-24,26-37,53H,25H2,1-6H3. The molecule has 1 atom stereocenters. The first kappa shape index (κ1) is 37.6. The van der Waals surface area contributed by atoms with Gasteiger partial charge in [0.05, 0.1) is 6.04 Å². The number of fused-ring (bicyclic) bond motifs is 5. The second-order valence-electron chi connectivity index (χ2n) is 18.5. The Morgan fingerprint density at radius 2 is 1.12 bits per heavy atom. The van der Waals surface area contributed by atoms with E-state index in [4.69, 9.17) is 4.42 Å². The quantitative estimate of drug-likeness (QED) is 0.167. The van der Waals surface area contributed by atoms with Gasteiger partial charge in [-0.1, -0.05) is 187 Å². The maximum atomic E-state index is 6.17. The van der Waals surface area contributed by atoms with Crippen molar-refractivity contribution in [2.45, 2.75) is 64.8 Å². The van der Waals surface area contributed by atoms with Gasteiger partial charge in [-0.05, 0) is 114 Å². The van der Waals surface area contributed by atoms with E-state index in [1.54, 1.807) is 0 Å². The van der Waals surface area contributed by atoms with Gasteiger partial charge in [0.25, 0.3) is 0 Å². The zero-order valence-electron chi connectivity index (χ0n) is 35.5. The number of furan rings is 1. The van der Waals surface area contributed by atoms with Gasteiger partial charge in [0.15, 0.2) is 0 Å². The number of anilines is 2. The van der Waals surface area contributed by atoms with E-state index in [0.29, 0.717) is 0 Å². The number of nitrogens with zero attached hydrogens (tertiary/aromatic N) is 1. The van der Waals surface area contributed by atoms with Crippen molar-refractivity contribution in [3.8, 4) is 22.3 Å². The van der Waals surface area contributed by atoms with Crippen LogP contribution in [0.15, 0.2) is 186 Å². The Balaban J connectivity index is 1.13. The summed E-state index contributed by atoms with van der Waals surface area (Å²) < 4.78 is 6.17. The Hall–Kier alpha value is -6.64. The Morgan fingerprint density at radius 1 is 0.500 bits per heavy atom. The van der Waals surface area contributed by atoms with Crippen molar-refractivity contribution in [3.63, 3.8) is 0 Å². The summed E-state index contributed by atoms with van der Waals surface area (Å²) >= 11 is 0. The normalized spacial score (nSPS) is 14.6. The van der Waals surface area contributed by atoms with Gasteiger partial charge in [-0.25, -0.2) is 0 Å². The first-order valence-corrected chi connectivity index (χ1v) is 21.4. The molecule has 0 amide bonds. The van der Waals surface area contributed by atoms with Crippen LogP contribution in [-0.4, -0.2) is 6.04 Å². The fourth-order valence-corrected chi connectivity index (χ4v) is 9.23. The molecule has 0 bridgehead atoms. The average molecular weight is 778 g/mol. The lowest BCUT2D eigenvalue weighted by Crippen LogP contribution is -2.33. The maximum Gasteiger partial charge on any atom is 0.135 e. The van der Waals surface area contributed by atoms with Gasteiger partial charge in [0, 0.05) is 27.5 Å². The summed E-state index contributed by atoms with van der Waals surface area (Å²) in [6.45, 7) is 13.9. The molecule has 0 fully saturated rings. The van der Waals surface area contributed by atoms with Crippen LogP contribution in [0, 0.1) is 0 Å². The predicted molar refractivity (Wildman–Crippen MR) is 258 cm³/mol. The van der Waals surface area contributed by atoms with Crippen molar-refractivity contribution in [3.05, 3.63) is 199 Å². The van der Waals surface area contributed by atoms with E-state index in [-0.39, 0.29) is 16.9 Å². The topological polar surface area (TPSA) is 16.4 Å². The first-order valence-electron chi connectivity index (χ1n) is 21.4. The van der Waals surface area contributed by atoms with Gasteiger partial charge >= 0.3 is 0 Å². The van der Waals surface area contributed by atoms with Crippen molar-refractivity contribution < 1.29 is 4.42 Å². The number of benzene rings is 8. The van der Waals surface area contributed by atoms with Crippen molar-refractivity contribution in [2.75, 3.05) is 4.90 Å². The molecule has 8 aromatic carbocycles. The smallest absolute Gasteiger partial charge is 0.135 e. The molecular formula is C58H51NO. The van der Waals surface area contributed by atoms with Crippen molar-refractivity contribution in [1.82, 2.24) is 0 Å². The molecule has 0 saturated heterocycles. The van der Waals surface area contributed by atoms with Crippen LogP contribution in [0.25, 0.3) is 71.3 Å². The minimum atomic E-state index is 0.0140.